The quantitative estimate of drug-likeness (QED) is 0.656. The number of likely N-dealkylation sites (tertiary alicyclic amines) is 1. The lowest BCUT2D eigenvalue weighted by Gasteiger charge is -2.21. The van der Waals surface area contributed by atoms with Crippen molar-refractivity contribution >= 4 is 6.03 Å². The van der Waals surface area contributed by atoms with Gasteiger partial charge in [0.2, 0.25) is 0 Å². The summed E-state index contributed by atoms with van der Waals surface area (Å²) in [5, 5.41) is 3.06. The van der Waals surface area contributed by atoms with Crippen molar-refractivity contribution in [3.05, 3.63) is 0 Å². The summed E-state index contributed by atoms with van der Waals surface area (Å²) < 4.78 is 0. The van der Waals surface area contributed by atoms with E-state index in [1.165, 1.54) is 0 Å². The van der Waals surface area contributed by atoms with Gasteiger partial charge in [-0.05, 0) is 32.1 Å². The van der Waals surface area contributed by atoms with Crippen molar-refractivity contribution in [2.45, 2.75) is 45.2 Å². The zero-order chi connectivity index (χ0) is 9.42. The molecular weight excluding hydrogens is 164 g/mol. The summed E-state index contributed by atoms with van der Waals surface area (Å²) in [5.41, 5.74) is 0. The Morgan fingerprint density at radius 3 is 2.62 bits per heavy atom. The maximum absolute atomic E-state index is 11.7. The Morgan fingerprint density at radius 2 is 2.15 bits per heavy atom. The first-order valence-corrected chi connectivity index (χ1v) is 5.25. The van der Waals surface area contributed by atoms with E-state index in [-0.39, 0.29) is 6.03 Å². The molecule has 1 aliphatic heterocycles. The second-order valence-corrected chi connectivity index (χ2v) is 4.45. The maximum atomic E-state index is 11.7. The fourth-order valence-corrected chi connectivity index (χ4v) is 2.00. The van der Waals surface area contributed by atoms with Gasteiger partial charge in [-0.3, -0.25) is 0 Å². The number of rotatable bonds is 1. The van der Waals surface area contributed by atoms with Crippen molar-refractivity contribution < 1.29 is 4.79 Å². The molecule has 1 N–H and O–H groups in total. The van der Waals surface area contributed by atoms with Crippen molar-refractivity contribution in [1.29, 1.82) is 0 Å². The molecule has 0 aromatic carbocycles. The third-order valence-electron chi connectivity index (χ3n) is 3.23. The van der Waals surface area contributed by atoms with Gasteiger partial charge in [0, 0.05) is 18.6 Å². The summed E-state index contributed by atoms with van der Waals surface area (Å²) in [4.78, 5) is 13.6. The van der Waals surface area contributed by atoms with Gasteiger partial charge in [-0.15, -0.1) is 0 Å². The second kappa shape index (κ2) is 3.20. The smallest absolute Gasteiger partial charge is 0.317 e. The zero-order valence-electron chi connectivity index (χ0n) is 8.42. The normalized spacial score (nSPS) is 37.7. The van der Waals surface area contributed by atoms with E-state index in [1.54, 1.807) is 0 Å². The van der Waals surface area contributed by atoms with Crippen molar-refractivity contribution in [2.75, 3.05) is 6.54 Å². The SMILES string of the molecule is CC1CC1NC(=O)N1CCCC1C. The molecule has 2 fully saturated rings. The standard InChI is InChI=1S/C10H18N2O/c1-7-6-9(7)11-10(13)12-5-3-4-8(12)2/h7-9H,3-6H2,1-2H3,(H,11,13). The lowest BCUT2D eigenvalue weighted by atomic mass is 10.2. The molecule has 3 heteroatoms. The highest BCUT2D eigenvalue weighted by Gasteiger charge is 2.36. The topological polar surface area (TPSA) is 32.3 Å². The summed E-state index contributed by atoms with van der Waals surface area (Å²) in [6.45, 7) is 5.25. The van der Waals surface area contributed by atoms with Crippen molar-refractivity contribution in [3.63, 3.8) is 0 Å². The fourth-order valence-electron chi connectivity index (χ4n) is 2.00. The van der Waals surface area contributed by atoms with E-state index in [4.69, 9.17) is 0 Å². The first-order valence-electron chi connectivity index (χ1n) is 5.25. The molecule has 3 nitrogen and oxygen atoms in total. The number of carbonyl (C=O) groups excluding carboxylic acids is 1. The Labute approximate surface area is 79.5 Å². The summed E-state index contributed by atoms with van der Waals surface area (Å²) in [6, 6.07) is 1.05. The minimum Gasteiger partial charge on any atom is -0.335 e. The van der Waals surface area contributed by atoms with Gasteiger partial charge in [-0.25, -0.2) is 4.79 Å². The van der Waals surface area contributed by atoms with Crippen LogP contribution in [0.3, 0.4) is 0 Å². The van der Waals surface area contributed by atoms with E-state index in [1.807, 2.05) is 4.90 Å². The number of hydrogen-bond donors (Lipinski definition) is 1. The lowest BCUT2D eigenvalue weighted by Crippen LogP contribution is -2.42. The number of nitrogens with zero attached hydrogens (tertiary/aromatic N) is 1. The van der Waals surface area contributed by atoms with Crippen LogP contribution < -0.4 is 5.32 Å². The Balaban J connectivity index is 1.82. The van der Waals surface area contributed by atoms with Gasteiger partial charge < -0.3 is 10.2 Å². The van der Waals surface area contributed by atoms with Gasteiger partial charge in [0.1, 0.15) is 0 Å². The highest BCUT2D eigenvalue weighted by molar-refractivity contribution is 5.75. The molecule has 13 heavy (non-hydrogen) atoms. The van der Waals surface area contributed by atoms with E-state index < -0.39 is 0 Å². The van der Waals surface area contributed by atoms with Gasteiger partial charge in [-0.2, -0.15) is 0 Å². The molecule has 0 radical (unpaired) electrons. The number of carbonyl (C=O) groups is 1. The molecule has 1 heterocycles. The largest absolute Gasteiger partial charge is 0.335 e. The molecule has 1 aliphatic carbocycles. The molecular formula is C10H18N2O. The molecule has 0 aromatic rings. The number of amides is 2. The first kappa shape index (κ1) is 8.85. The van der Waals surface area contributed by atoms with Gasteiger partial charge >= 0.3 is 6.03 Å². The van der Waals surface area contributed by atoms with Crippen LogP contribution >= 0.6 is 0 Å². The van der Waals surface area contributed by atoms with E-state index in [2.05, 4.69) is 19.2 Å². The van der Waals surface area contributed by atoms with Crippen LogP contribution in [-0.2, 0) is 0 Å². The molecule has 2 rings (SSSR count). The van der Waals surface area contributed by atoms with Gasteiger partial charge in [-0.1, -0.05) is 6.92 Å². The van der Waals surface area contributed by atoms with Gasteiger partial charge in [0.05, 0.1) is 0 Å². The van der Waals surface area contributed by atoms with Crippen LogP contribution in [-0.4, -0.2) is 29.6 Å². The molecule has 3 unspecified atom stereocenters. The van der Waals surface area contributed by atoms with E-state index in [0.29, 0.717) is 18.0 Å². The van der Waals surface area contributed by atoms with Crippen LogP contribution in [0.2, 0.25) is 0 Å². The van der Waals surface area contributed by atoms with Crippen LogP contribution in [0.25, 0.3) is 0 Å². The summed E-state index contributed by atoms with van der Waals surface area (Å²) in [7, 11) is 0. The predicted octanol–water partition coefficient (Wildman–Crippen LogP) is 1.59. The summed E-state index contributed by atoms with van der Waals surface area (Å²) in [5.74, 6) is 0.696. The Bertz CT molecular complexity index is 217. The summed E-state index contributed by atoms with van der Waals surface area (Å²) in [6.07, 6.45) is 3.48. The Hall–Kier alpha value is -0.730. The van der Waals surface area contributed by atoms with E-state index >= 15 is 0 Å². The number of nitrogens with one attached hydrogen (secondary N) is 1. The highest BCUT2D eigenvalue weighted by Crippen LogP contribution is 2.29. The second-order valence-electron chi connectivity index (χ2n) is 4.45. The van der Waals surface area contributed by atoms with Gasteiger partial charge in [0.15, 0.2) is 0 Å². The summed E-state index contributed by atoms with van der Waals surface area (Å²) >= 11 is 0. The Morgan fingerprint density at radius 1 is 1.46 bits per heavy atom. The van der Waals surface area contributed by atoms with Crippen LogP contribution in [0.1, 0.15) is 33.1 Å². The minimum atomic E-state index is 0.152. The number of hydrogen-bond acceptors (Lipinski definition) is 1. The molecule has 0 spiro atoms. The maximum Gasteiger partial charge on any atom is 0.317 e. The van der Waals surface area contributed by atoms with Crippen LogP contribution in [0.15, 0.2) is 0 Å². The van der Waals surface area contributed by atoms with Crippen molar-refractivity contribution in [2.24, 2.45) is 5.92 Å². The molecule has 1 saturated carbocycles. The zero-order valence-corrected chi connectivity index (χ0v) is 8.42. The molecule has 2 aliphatic rings. The van der Waals surface area contributed by atoms with Crippen molar-refractivity contribution in [1.82, 2.24) is 10.2 Å². The number of urea groups is 1. The Kier molecular flexibility index (Phi) is 2.18. The molecule has 74 valence electrons. The van der Waals surface area contributed by atoms with Gasteiger partial charge in [0.25, 0.3) is 0 Å². The van der Waals surface area contributed by atoms with Crippen molar-refractivity contribution in [3.8, 4) is 0 Å². The molecule has 0 bridgehead atoms. The predicted molar refractivity (Wildman–Crippen MR) is 51.5 cm³/mol. The minimum absolute atomic E-state index is 0.152. The molecule has 2 amide bonds. The third kappa shape index (κ3) is 1.79. The molecule has 0 aromatic heterocycles. The van der Waals surface area contributed by atoms with Crippen LogP contribution in [0, 0.1) is 5.92 Å². The molecule has 1 saturated heterocycles. The average Bonchev–Trinajstić information content (AvgIpc) is 2.62. The van der Waals surface area contributed by atoms with Crippen LogP contribution in [0.4, 0.5) is 4.79 Å². The first-order chi connectivity index (χ1) is 6.18. The third-order valence-corrected chi connectivity index (χ3v) is 3.23. The van der Waals surface area contributed by atoms with Crippen LogP contribution in [0.5, 0.6) is 0 Å². The average molecular weight is 182 g/mol. The fraction of sp³-hybridized carbons (Fsp3) is 0.900. The monoisotopic (exact) mass is 182 g/mol. The van der Waals surface area contributed by atoms with E-state index in [9.17, 15) is 4.79 Å². The molecule has 3 atom stereocenters. The lowest BCUT2D eigenvalue weighted by molar-refractivity contribution is 0.195. The van der Waals surface area contributed by atoms with E-state index in [0.717, 1.165) is 25.8 Å². The highest BCUT2D eigenvalue weighted by atomic mass is 16.2.